The lowest BCUT2D eigenvalue weighted by atomic mass is 9.95. The molecular weight excluding hydrogens is 198 g/mol. The van der Waals surface area contributed by atoms with E-state index in [1.807, 2.05) is 0 Å². The van der Waals surface area contributed by atoms with E-state index in [4.69, 9.17) is 5.11 Å². The van der Waals surface area contributed by atoms with Crippen LogP contribution in [0.25, 0.3) is 0 Å². The zero-order chi connectivity index (χ0) is 11.0. The number of hydrogen-bond acceptors (Lipinski definition) is 4. The minimum Gasteiger partial charge on any atom is -0.479 e. The van der Waals surface area contributed by atoms with Crippen LogP contribution in [0.2, 0.25) is 0 Å². The van der Waals surface area contributed by atoms with Crippen LogP contribution in [0, 0.1) is 0 Å². The molecule has 2 N–H and O–H groups in total. The molecule has 0 saturated carbocycles. The number of carbonyl (C=O) groups is 3. The van der Waals surface area contributed by atoms with E-state index in [2.05, 4.69) is 5.32 Å². The summed E-state index contributed by atoms with van der Waals surface area (Å²) in [5.41, 5.74) is 0.606. The molecule has 5 nitrogen and oxygen atoms in total. The molecule has 5 heteroatoms. The quantitative estimate of drug-likeness (QED) is 0.509. The van der Waals surface area contributed by atoms with Crippen molar-refractivity contribution in [2.24, 2.45) is 0 Å². The Morgan fingerprint density at radius 2 is 1.93 bits per heavy atom. The van der Waals surface area contributed by atoms with E-state index in [0.29, 0.717) is 5.69 Å². The lowest BCUT2D eigenvalue weighted by molar-refractivity contribution is -0.140. The second kappa shape index (κ2) is 3.20. The van der Waals surface area contributed by atoms with E-state index in [1.54, 1.807) is 18.2 Å². The number of nitrogens with one attached hydrogen (secondary N) is 1. The maximum Gasteiger partial charge on any atom is 0.334 e. The minimum absolute atomic E-state index is 0.222. The molecule has 1 heterocycles. The van der Waals surface area contributed by atoms with Crippen molar-refractivity contribution in [2.75, 3.05) is 5.32 Å². The van der Waals surface area contributed by atoms with Crippen LogP contribution >= 0.6 is 0 Å². The van der Waals surface area contributed by atoms with Crippen LogP contribution < -0.4 is 5.32 Å². The zero-order valence-corrected chi connectivity index (χ0v) is 7.56. The zero-order valence-electron chi connectivity index (χ0n) is 7.56. The average molecular weight is 205 g/mol. The van der Waals surface area contributed by atoms with Gasteiger partial charge in [0.25, 0.3) is 0 Å². The maximum absolute atomic E-state index is 11.5. The Morgan fingerprint density at radius 3 is 2.60 bits per heavy atom. The molecule has 1 aliphatic rings. The highest BCUT2D eigenvalue weighted by Gasteiger charge is 2.37. The molecule has 0 aromatic heterocycles. The van der Waals surface area contributed by atoms with Gasteiger partial charge in [0.15, 0.2) is 6.04 Å². The standard InChI is InChI=1S/C10H7NO4/c12-8-5-3-1-2-4-6(5)11-7(9(8)13)10(14)15/h1-4,7,11H,(H,14,15). The third-order valence-electron chi connectivity index (χ3n) is 2.20. The molecular formula is C10H7NO4. The van der Waals surface area contributed by atoms with Gasteiger partial charge in [-0.3, -0.25) is 9.59 Å². The molecule has 0 bridgehead atoms. The lowest BCUT2D eigenvalue weighted by Crippen LogP contribution is -2.45. The maximum atomic E-state index is 11.5. The molecule has 15 heavy (non-hydrogen) atoms. The van der Waals surface area contributed by atoms with Crippen LogP contribution in [0.1, 0.15) is 10.4 Å². The molecule has 0 saturated heterocycles. The van der Waals surface area contributed by atoms with Crippen LogP contribution in [0.3, 0.4) is 0 Å². The smallest absolute Gasteiger partial charge is 0.334 e. The number of anilines is 1. The number of para-hydroxylation sites is 1. The summed E-state index contributed by atoms with van der Waals surface area (Å²) >= 11 is 0. The largest absolute Gasteiger partial charge is 0.479 e. The first-order valence-corrected chi connectivity index (χ1v) is 4.28. The van der Waals surface area contributed by atoms with Gasteiger partial charge in [-0.25, -0.2) is 4.79 Å². The van der Waals surface area contributed by atoms with Crippen molar-refractivity contribution in [1.82, 2.24) is 0 Å². The van der Waals surface area contributed by atoms with Gasteiger partial charge >= 0.3 is 5.97 Å². The number of carboxylic acids is 1. The Morgan fingerprint density at radius 1 is 1.27 bits per heavy atom. The van der Waals surface area contributed by atoms with Crippen molar-refractivity contribution >= 4 is 23.2 Å². The van der Waals surface area contributed by atoms with E-state index in [-0.39, 0.29) is 5.56 Å². The Hall–Kier alpha value is -2.17. The van der Waals surface area contributed by atoms with Gasteiger partial charge in [0.05, 0.1) is 0 Å². The fourth-order valence-corrected chi connectivity index (χ4v) is 1.47. The van der Waals surface area contributed by atoms with E-state index >= 15 is 0 Å². The van der Waals surface area contributed by atoms with Crippen LogP contribution in [0.15, 0.2) is 24.3 Å². The normalized spacial score (nSPS) is 19.3. The molecule has 1 aliphatic heterocycles. The van der Waals surface area contributed by atoms with E-state index in [1.165, 1.54) is 6.07 Å². The van der Waals surface area contributed by atoms with Gasteiger partial charge in [0.2, 0.25) is 11.6 Å². The van der Waals surface area contributed by atoms with Crippen molar-refractivity contribution in [1.29, 1.82) is 0 Å². The van der Waals surface area contributed by atoms with Gasteiger partial charge < -0.3 is 10.4 Å². The summed E-state index contributed by atoms with van der Waals surface area (Å²) in [5, 5.41) is 11.2. The fraction of sp³-hybridized carbons (Fsp3) is 0.100. The molecule has 1 aromatic rings. The lowest BCUT2D eigenvalue weighted by Gasteiger charge is -2.21. The second-order valence-corrected chi connectivity index (χ2v) is 3.15. The summed E-state index contributed by atoms with van der Waals surface area (Å²) in [6.07, 6.45) is 0. The molecule has 0 fully saturated rings. The molecule has 2 rings (SSSR count). The average Bonchev–Trinajstić information content (AvgIpc) is 2.23. The number of fused-ring (bicyclic) bond motifs is 1. The highest BCUT2D eigenvalue weighted by atomic mass is 16.4. The van der Waals surface area contributed by atoms with Crippen molar-refractivity contribution in [3.05, 3.63) is 29.8 Å². The highest BCUT2D eigenvalue weighted by molar-refractivity contribution is 6.51. The van der Waals surface area contributed by atoms with Gasteiger partial charge in [0.1, 0.15) is 0 Å². The number of rotatable bonds is 1. The summed E-state index contributed by atoms with van der Waals surface area (Å²) in [6, 6.07) is 4.86. The number of hydrogen-bond donors (Lipinski definition) is 2. The van der Waals surface area contributed by atoms with Gasteiger partial charge in [-0.15, -0.1) is 0 Å². The molecule has 0 aliphatic carbocycles. The number of Topliss-reactive ketones (excluding diaryl/α,β-unsaturated/α-hetero) is 2. The monoisotopic (exact) mass is 205 g/mol. The minimum atomic E-state index is -1.47. The summed E-state index contributed by atoms with van der Waals surface area (Å²) in [4.78, 5) is 33.5. The van der Waals surface area contributed by atoms with Crippen LogP contribution in [-0.2, 0) is 9.59 Å². The van der Waals surface area contributed by atoms with Crippen molar-refractivity contribution in [2.45, 2.75) is 6.04 Å². The summed E-state index contributed by atoms with van der Waals surface area (Å²) in [7, 11) is 0. The number of benzene rings is 1. The topological polar surface area (TPSA) is 83.5 Å². The first-order valence-electron chi connectivity index (χ1n) is 4.28. The predicted molar refractivity (Wildman–Crippen MR) is 50.8 cm³/mol. The van der Waals surface area contributed by atoms with Gasteiger partial charge in [0, 0.05) is 11.3 Å². The third kappa shape index (κ3) is 1.38. The third-order valence-corrected chi connectivity index (χ3v) is 2.20. The van der Waals surface area contributed by atoms with Gasteiger partial charge in [-0.1, -0.05) is 12.1 Å². The van der Waals surface area contributed by atoms with E-state index in [9.17, 15) is 14.4 Å². The first kappa shape index (κ1) is 9.39. The molecule has 1 unspecified atom stereocenters. The van der Waals surface area contributed by atoms with Crippen LogP contribution in [0.5, 0.6) is 0 Å². The Labute approximate surface area is 84.7 Å². The van der Waals surface area contributed by atoms with E-state index in [0.717, 1.165) is 0 Å². The Balaban J connectivity index is 2.50. The molecule has 0 amide bonds. The summed E-state index contributed by atoms with van der Waals surface area (Å²) in [6.45, 7) is 0. The Bertz CT molecular complexity index is 466. The number of ketones is 2. The van der Waals surface area contributed by atoms with Crippen molar-refractivity contribution < 1.29 is 19.5 Å². The molecule has 1 atom stereocenters. The summed E-state index contributed by atoms with van der Waals surface area (Å²) in [5.74, 6) is -3.03. The SMILES string of the molecule is O=C1C(=O)C(C(=O)O)Nc2ccccc21. The second-order valence-electron chi connectivity index (χ2n) is 3.15. The van der Waals surface area contributed by atoms with Crippen LogP contribution in [-0.4, -0.2) is 28.7 Å². The van der Waals surface area contributed by atoms with Crippen LogP contribution in [0.4, 0.5) is 5.69 Å². The number of carboxylic acid groups (broad SMARTS) is 1. The van der Waals surface area contributed by atoms with Gasteiger partial charge in [-0.2, -0.15) is 0 Å². The van der Waals surface area contributed by atoms with Gasteiger partial charge in [-0.05, 0) is 12.1 Å². The molecule has 0 radical (unpaired) electrons. The molecule has 76 valence electrons. The van der Waals surface area contributed by atoms with Crippen molar-refractivity contribution in [3.8, 4) is 0 Å². The Kier molecular flexibility index (Phi) is 2.00. The first-order chi connectivity index (χ1) is 7.11. The number of carbonyl (C=O) groups excluding carboxylic acids is 2. The van der Waals surface area contributed by atoms with Crippen molar-refractivity contribution in [3.63, 3.8) is 0 Å². The molecule has 1 aromatic carbocycles. The highest BCUT2D eigenvalue weighted by Crippen LogP contribution is 2.22. The predicted octanol–water partition coefficient (Wildman–Crippen LogP) is 0.317. The fourth-order valence-electron chi connectivity index (χ4n) is 1.47. The van der Waals surface area contributed by atoms with E-state index < -0.39 is 23.6 Å². The molecule has 0 spiro atoms. The summed E-state index contributed by atoms with van der Waals surface area (Å²) < 4.78 is 0. The number of aliphatic carboxylic acids is 1.